The molecule has 0 aliphatic heterocycles. The van der Waals surface area contributed by atoms with E-state index in [1.54, 1.807) is 0 Å². The second-order valence-electron chi connectivity index (χ2n) is 4.18. The fourth-order valence-corrected chi connectivity index (χ4v) is 1.85. The van der Waals surface area contributed by atoms with Gasteiger partial charge in [-0.15, -0.1) is 0 Å². The molecular formula is C14H22N2O. The maximum Gasteiger partial charge on any atom is 0.227 e. The highest BCUT2D eigenvalue weighted by molar-refractivity contribution is 5.79. The average Bonchev–Trinajstić information content (AvgIpc) is 2.38. The number of hydrogen-bond donors (Lipinski definition) is 1. The molecule has 0 saturated carbocycles. The first kappa shape index (κ1) is 13.7. The van der Waals surface area contributed by atoms with Gasteiger partial charge >= 0.3 is 0 Å². The van der Waals surface area contributed by atoms with Crippen LogP contribution in [-0.4, -0.2) is 23.9 Å². The maximum absolute atomic E-state index is 12.2. The fourth-order valence-electron chi connectivity index (χ4n) is 1.85. The summed E-state index contributed by atoms with van der Waals surface area (Å²) in [4.78, 5) is 14.1. The second kappa shape index (κ2) is 7.07. The number of carbonyl (C=O) groups excluding carboxylic acids is 1. The van der Waals surface area contributed by atoms with Crippen molar-refractivity contribution in [1.29, 1.82) is 0 Å². The Hall–Kier alpha value is -1.35. The van der Waals surface area contributed by atoms with Crippen LogP contribution in [0.2, 0.25) is 0 Å². The Morgan fingerprint density at radius 3 is 2.41 bits per heavy atom. The molecule has 94 valence electrons. The van der Waals surface area contributed by atoms with Crippen LogP contribution in [0.3, 0.4) is 0 Å². The molecule has 0 heterocycles. The normalized spacial score (nSPS) is 12.2. The molecule has 0 spiro atoms. The van der Waals surface area contributed by atoms with Crippen molar-refractivity contribution in [1.82, 2.24) is 4.90 Å². The van der Waals surface area contributed by atoms with E-state index >= 15 is 0 Å². The smallest absolute Gasteiger partial charge is 0.227 e. The topological polar surface area (TPSA) is 46.3 Å². The van der Waals surface area contributed by atoms with Crippen LogP contribution < -0.4 is 5.73 Å². The number of amides is 1. The first-order valence-corrected chi connectivity index (χ1v) is 6.25. The molecule has 1 amide bonds. The van der Waals surface area contributed by atoms with Crippen LogP contribution in [0.1, 0.15) is 25.8 Å². The van der Waals surface area contributed by atoms with E-state index < -0.39 is 0 Å². The van der Waals surface area contributed by atoms with Gasteiger partial charge in [-0.2, -0.15) is 0 Å². The Morgan fingerprint density at radius 2 is 1.94 bits per heavy atom. The van der Waals surface area contributed by atoms with Crippen LogP contribution in [0.15, 0.2) is 30.3 Å². The Balaban J connectivity index is 2.68. The summed E-state index contributed by atoms with van der Waals surface area (Å²) >= 11 is 0. The van der Waals surface area contributed by atoms with Gasteiger partial charge in [0, 0.05) is 19.6 Å². The largest absolute Gasteiger partial charge is 0.338 e. The predicted molar refractivity (Wildman–Crippen MR) is 70.4 cm³/mol. The van der Waals surface area contributed by atoms with E-state index in [1.165, 1.54) is 0 Å². The van der Waals surface area contributed by atoms with Gasteiger partial charge in [0.15, 0.2) is 0 Å². The lowest BCUT2D eigenvalue weighted by Gasteiger charge is -2.25. The van der Waals surface area contributed by atoms with Crippen molar-refractivity contribution in [3.05, 3.63) is 35.9 Å². The summed E-state index contributed by atoms with van der Waals surface area (Å²) in [5, 5.41) is 0. The predicted octanol–water partition coefficient (Wildman–Crippen LogP) is 2.02. The van der Waals surface area contributed by atoms with Crippen molar-refractivity contribution in [2.45, 2.75) is 26.8 Å². The summed E-state index contributed by atoms with van der Waals surface area (Å²) in [6, 6.07) is 10.1. The highest BCUT2D eigenvalue weighted by Crippen LogP contribution is 2.10. The summed E-state index contributed by atoms with van der Waals surface area (Å²) in [6.45, 7) is 5.84. The maximum atomic E-state index is 12.2. The summed E-state index contributed by atoms with van der Waals surface area (Å²) < 4.78 is 0. The van der Waals surface area contributed by atoms with Gasteiger partial charge in [0.05, 0.1) is 5.92 Å². The molecule has 0 aliphatic rings. The fraction of sp³-hybridized carbons (Fsp3) is 0.500. The number of nitrogens with zero attached hydrogens (tertiary/aromatic N) is 1. The Labute approximate surface area is 104 Å². The van der Waals surface area contributed by atoms with Crippen molar-refractivity contribution in [3.63, 3.8) is 0 Å². The van der Waals surface area contributed by atoms with Crippen LogP contribution in [0.4, 0.5) is 0 Å². The van der Waals surface area contributed by atoms with Gasteiger partial charge in [-0.05, 0) is 18.9 Å². The van der Waals surface area contributed by atoms with Crippen LogP contribution in [0.5, 0.6) is 0 Å². The van der Waals surface area contributed by atoms with Gasteiger partial charge in [-0.25, -0.2) is 0 Å². The molecule has 1 unspecified atom stereocenters. The zero-order chi connectivity index (χ0) is 12.7. The van der Waals surface area contributed by atoms with Crippen molar-refractivity contribution < 1.29 is 4.79 Å². The molecule has 1 atom stereocenters. The van der Waals surface area contributed by atoms with E-state index in [-0.39, 0.29) is 11.8 Å². The Kier molecular flexibility index (Phi) is 5.70. The molecule has 2 N–H and O–H groups in total. The monoisotopic (exact) mass is 234 g/mol. The van der Waals surface area contributed by atoms with Gasteiger partial charge in [-0.1, -0.05) is 37.3 Å². The first-order chi connectivity index (χ1) is 8.22. The Bertz CT molecular complexity index is 333. The van der Waals surface area contributed by atoms with Crippen molar-refractivity contribution in [2.75, 3.05) is 13.1 Å². The third-order valence-corrected chi connectivity index (χ3v) is 3.04. The highest BCUT2D eigenvalue weighted by Gasteiger charge is 2.20. The number of carbonyl (C=O) groups is 1. The lowest BCUT2D eigenvalue weighted by atomic mass is 10.0. The molecule has 1 rings (SSSR count). The quantitative estimate of drug-likeness (QED) is 0.818. The summed E-state index contributed by atoms with van der Waals surface area (Å²) in [5.41, 5.74) is 6.78. The van der Waals surface area contributed by atoms with Crippen molar-refractivity contribution >= 4 is 5.91 Å². The van der Waals surface area contributed by atoms with Gasteiger partial charge in [0.1, 0.15) is 0 Å². The lowest BCUT2D eigenvalue weighted by Crippen LogP contribution is -2.38. The van der Waals surface area contributed by atoms with Gasteiger partial charge in [0.2, 0.25) is 5.91 Å². The minimum absolute atomic E-state index is 0.0429. The summed E-state index contributed by atoms with van der Waals surface area (Å²) in [7, 11) is 0. The Morgan fingerprint density at radius 1 is 1.29 bits per heavy atom. The minimum Gasteiger partial charge on any atom is -0.338 e. The molecule has 1 aromatic carbocycles. The third kappa shape index (κ3) is 3.86. The SMILES string of the molecule is CCC(CN)C(=O)N(CC)Cc1ccccc1. The van der Waals surface area contributed by atoms with Gasteiger partial charge in [-0.3, -0.25) is 4.79 Å². The van der Waals surface area contributed by atoms with E-state index in [0.717, 1.165) is 18.5 Å². The van der Waals surface area contributed by atoms with Crippen molar-refractivity contribution in [2.24, 2.45) is 11.7 Å². The average molecular weight is 234 g/mol. The number of benzene rings is 1. The molecule has 0 bridgehead atoms. The molecule has 0 aromatic heterocycles. The second-order valence-corrected chi connectivity index (χ2v) is 4.18. The molecule has 3 nitrogen and oxygen atoms in total. The zero-order valence-corrected chi connectivity index (χ0v) is 10.7. The molecule has 1 aromatic rings. The zero-order valence-electron chi connectivity index (χ0n) is 10.7. The standard InChI is InChI=1S/C14H22N2O/c1-3-13(10-15)14(17)16(4-2)11-12-8-6-5-7-9-12/h5-9,13H,3-4,10-11,15H2,1-2H3. The molecule has 17 heavy (non-hydrogen) atoms. The lowest BCUT2D eigenvalue weighted by molar-refractivity contribution is -0.135. The van der Waals surface area contributed by atoms with Crippen LogP contribution >= 0.6 is 0 Å². The molecule has 0 saturated heterocycles. The number of rotatable bonds is 6. The number of hydrogen-bond acceptors (Lipinski definition) is 2. The van der Waals surface area contributed by atoms with E-state index in [9.17, 15) is 4.79 Å². The van der Waals surface area contributed by atoms with E-state index in [1.807, 2.05) is 49.1 Å². The molecule has 3 heteroatoms. The first-order valence-electron chi connectivity index (χ1n) is 6.25. The molecule has 0 fully saturated rings. The highest BCUT2D eigenvalue weighted by atomic mass is 16.2. The summed E-state index contributed by atoms with van der Waals surface area (Å²) in [5.74, 6) is 0.125. The van der Waals surface area contributed by atoms with Crippen molar-refractivity contribution in [3.8, 4) is 0 Å². The third-order valence-electron chi connectivity index (χ3n) is 3.04. The van der Waals surface area contributed by atoms with Crippen LogP contribution in [-0.2, 0) is 11.3 Å². The van der Waals surface area contributed by atoms with Gasteiger partial charge < -0.3 is 10.6 Å². The molecule has 0 radical (unpaired) electrons. The van der Waals surface area contributed by atoms with E-state index in [0.29, 0.717) is 13.1 Å². The minimum atomic E-state index is -0.0429. The molecule has 0 aliphatic carbocycles. The van der Waals surface area contributed by atoms with Crippen LogP contribution in [0, 0.1) is 5.92 Å². The van der Waals surface area contributed by atoms with Crippen LogP contribution in [0.25, 0.3) is 0 Å². The van der Waals surface area contributed by atoms with E-state index in [4.69, 9.17) is 5.73 Å². The number of nitrogens with two attached hydrogens (primary N) is 1. The van der Waals surface area contributed by atoms with Gasteiger partial charge in [0.25, 0.3) is 0 Å². The summed E-state index contributed by atoms with van der Waals surface area (Å²) in [6.07, 6.45) is 0.806. The van der Waals surface area contributed by atoms with E-state index in [2.05, 4.69) is 0 Å². The molecular weight excluding hydrogens is 212 g/mol.